The van der Waals surface area contributed by atoms with Crippen molar-refractivity contribution in [1.82, 2.24) is 15.2 Å². The number of methoxy groups -OCH3 is 1. The molecule has 0 spiro atoms. The average Bonchev–Trinajstić information content (AvgIpc) is 3.16. The number of nitro benzene ring substituents is 1. The second kappa shape index (κ2) is 6.43. The highest BCUT2D eigenvalue weighted by Gasteiger charge is 2.26. The number of aromatic amines is 1. The quantitative estimate of drug-likeness (QED) is 0.438. The number of hydrogen-bond acceptors (Lipinski definition) is 5. The summed E-state index contributed by atoms with van der Waals surface area (Å²) < 4.78 is 5.33. The summed E-state index contributed by atoms with van der Waals surface area (Å²) in [5.41, 5.74) is 1.81. The van der Waals surface area contributed by atoms with Crippen molar-refractivity contribution in [2.75, 3.05) is 7.11 Å². The zero-order chi connectivity index (χ0) is 18.0. The standard InChI is InChI=1S/C16H12B2N4O3/c1-25-13-5-6-14(16(17,18)11-8-19-20-9-11)21-15(13)10-3-2-4-12(7-10)22(23)24/h2-9H,1H3,(H,19,20). The van der Waals surface area contributed by atoms with Gasteiger partial charge in [0.1, 0.15) is 11.4 Å². The third kappa shape index (κ3) is 3.13. The molecule has 1 aromatic carbocycles. The number of ether oxygens (including phenoxy) is 1. The van der Waals surface area contributed by atoms with E-state index in [1.807, 2.05) is 0 Å². The number of non-ortho nitro benzene ring substituents is 1. The molecule has 0 atom stereocenters. The van der Waals surface area contributed by atoms with Crippen molar-refractivity contribution in [3.8, 4) is 17.0 Å². The van der Waals surface area contributed by atoms with Crippen LogP contribution in [0.15, 0.2) is 48.8 Å². The van der Waals surface area contributed by atoms with Crippen LogP contribution >= 0.6 is 0 Å². The minimum absolute atomic E-state index is 0.0478. The van der Waals surface area contributed by atoms with E-state index in [1.54, 1.807) is 30.5 Å². The number of pyridine rings is 1. The molecule has 0 aliphatic rings. The molecule has 2 heterocycles. The van der Waals surface area contributed by atoms with Crippen LogP contribution in [-0.4, -0.2) is 42.9 Å². The summed E-state index contributed by atoms with van der Waals surface area (Å²) in [7, 11) is 13.9. The molecule has 3 aromatic rings. The molecule has 25 heavy (non-hydrogen) atoms. The van der Waals surface area contributed by atoms with E-state index in [9.17, 15) is 10.1 Å². The lowest BCUT2D eigenvalue weighted by atomic mass is 9.50. The van der Waals surface area contributed by atoms with Crippen LogP contribution in [0.25, 0.3) is 11.3 Å². The van der Waals surface area contributed by atoms with Gasteiger partial charge in [0.05, 0.1) is 33.9 Å². The smallest absolute Gasteiger partial charge is 0.270 e. The fraction of sp³-hybridized carbons (Fsp3) is 0.125. The fourth-order valence-electron chi connectivity index (χ4n) is 2.44. The molecule has 3 rings (SSSR count). The van der Waals surface area contributed by atoms with Gasteiger partial charge in [-0.25, -0.2) is 4.98 Å². The average molecular weight is 330 g/mol. The number of nitrogens with one attached hydrogen (secondary N) is 1. The van der Waals surface area contributed by atoms with Crippen LogP contribution in [0.4, 0.5) is 5.69 Å². The number of nitro groups is 1. The van der Waals surface area contributed by atoms with Crippen LogP contribution in [-0.2, 0) is 5.21 Å². The van der Waals surface area contributed by atoms with Gasteiger partial charge in [0.2, 0.25) is 0 Å². The molecule has 9 heteroatoms. The molecule has 1 N–H and O–H groups in total. The maximum Gasteiger partial charge on any atom is 0.270 e. The van der Waals surface area contributed by atoms with Gasteiger partial charge in [0.25, 0.3) is 5.69 Å². The van der Waals surface area contributed by atoms with Crippen molar-refractivity contribution in [1.29, 1.82) is 0 Å². The first-order chi connectivity index (χ1) is 11.9. The van der Waals surface area contributed by atoms with Gasteiger partial charge in [-0.3, -0.25) is 15.2 Å². The Bertz CT molecular complexity index is 914. The molecule has 0 aliphatic heterocycles. The number of rotatable bonds is 5. The summed E-state index contributed by atoms with van der Waals surface area (Å²) in [5.74, 6) is 0.451. The van der Waals surface area contributed by atoms with Crippen molar-refractivity contribution in [3.05, 3.63) is 70.2 Å². The molecule has 0 bridgehead atoms. The monoisotopic (exact) mass is 330 g/mol. The highest BCUT2D eigenvalue weighted by Crippen LogP contribution is 2.33. The first kappa shape index (κ1) is 16.8. The largest absolute Gasteiger partial charge is 0.494 e. The van der Waals surface area contributed by atoms with Crippen molar-refractivity contribution < 1.29 is 9.66 Å². The predicted molar refractivity (Wildman–Crippen MR) is 93.8 cm³/mol. The molecule has 2 aromatic heterocycles. The molecular formula is C16H12B2N4O3. The number of nitrogens with zero attached hydrogens (tertiary/aromatic N) is 3. The summed E-state index contributed by atoms with van der Waals surface area (Å²) in [5, 5.41) is 16.1. The third-order valence-electron chi connectivity index (χ3n) is 3.81. The van der Waals surface area contributed by atoms with Crippen molar-refractivity contribution in [3.63, 3.8) is 0 Å². The summed E-state index contributed by atoms with van der Waals surface area (Å²) in [6, 6.07) is 9.42. The number of hydrogen-bond donors (Lipinski definition) is 1. The molecule has 0 fully saturated rings. The fourth-order valence-corrected chi connectivity index (χ4v) is 2.44. The highest BCUT2D eigenvalue weighted by molar-refractivity contribution is 6.42. The van der Waals surface area contributed by atoms with Gasteiger partial charge in [-0.05, 0) is 22.9 Å². The van der Waals surface area contributed by atoms with Gasteiger partial charge < -0.3 is 4.74 Å². The Morgan fingerprint density at radius 3 is 2.72 bits per heavy atom. The molecule has 0 amide bonds. The van der Waals surface area contributed by atoms with Crippen molar-refractivity contribution >= 4 is 21.4 Å². The zero-order valence-electron chi connectivity index (χ0n) is 13.3. The molecule has 0 saturated carbocycles. The van der Waals surface area contributed by atoms with E-state index in [2.05, 4.69) is 15.2 Å². The normalized spacial score (nSPS) is 11.2. The Hall–Kier alpha value is -3.09. The number of benzene rings is 1. The van der Waals surface area contributed by atoms with Gasteiger partial charge in [0, 0.05) is 29.6 Å². The summed E-state index contributed by atoms with van der Waals surface area (Å²) in [4.78, 5) is 15.1. The van der Waals surface area contributed by atoms with Crippen LogP contribution < -0.4 is 4.74 Å². The van der Waals surface area contributed by atoms with Crippen LogP contribution in [0.5, 0.6) is 5.75 Å². The second-order valence-corrected chi connectivity index (χ2v) is 5.41. The van der Waals surface area contributed by atoms with E-state index in [-0.39, 0.29) is 5.69 Å². The van der Waals surface area contributed by atoms with Gasteiger partial charge >= 0.3 is 0 Å². The van der Waals surface area contributed by atoms with Crippen molar-refractivity contribution in [2.24, 2.45) is 0 Å². The zero-order valence-corrected chi connectivity index (χ0v) is 13.3. The maximum atomic E-state index is 11.0. The van der Waals surface area contributed by atoms with E-state index in [1.165, 1.54) is 25.4 Å². The summed E-state index contributed by atoms with van der Waals surface area (Å²) >= 11 is 0. The first-order valence-electron chi connectivity index (χ1n) is 7.31. The Morgan fingerprint density at radius 1 is 1.28 bits per heavy atom. The molecule has 0 unspecified atom stereocenters. The summed E-state index contributed by atoms with van der Waals surface area (Å²) in [6.07, 6.45) is 3.10. The SMILES string of the molecule is [B]C([B])(c1cn[nH]c1)c1ccc(OC)c(-c2cccc([N+](=O)[O-])c2)n1. The maximum absolute atomic E-state index is 11.0. The minimum Gasteiger partial charge on any atom is -0.494 e. The van der Waals surface area contributed by atoms with E-state index < -0.39 is 10.1 Å². The van der Waals surface area contributed by atoms with E-state index in [4.69, 9.17) is 20.4 Å². The Morgan fingerprint density at radius 2 is 2.08 bits per heavy atom. The first-order valence-corrected chi connectivity index (χ1v) is 7.31. The predicted octanol–water partition coefficient (Wildman–Crippen LogP) is 1.93. The molecule has 120 valence electrons. The Balaban J connectivity index is 2.13. The number of aromatic nitrogens is 3. The lowest BCUT2D eigenvalue weighted by molar-refractivity contribution is -0.384. The lowest BCUT2D eigenvalue weighted by Gasteiger charge is -2.25. The molecule has 4 radical (unpaired) electrons. The van der Waals surface area contributed by atoms with E-state index >= 15 is 0 Å². The lowest BCUT2D eigenvalue weighted by Crippen LogP contribution is -2.29. The highest BCUT2D eigenvalue weighted by atomic mass is 16.6. The van der Waals surface area contributed by atoms with Gasteiger partial charge in [0.15, 0.2) is 0 Å². The van der Waals surface area contributed by atoms with E-state index in [0.717, 1.165) is 0 Å². The Kier molecular flexibility index (Phi) is 4.31. The minimum atomic E-state index is -1.38. The van der Waals surface area contributed by atoms with Crippen molar-refractivity contribution in [2.45, 2.75) is 5.21 Å². The van der Waals surface area contributed by atoms with Gasteiger partial charge in [-0.2, -0.15) is 5.10 Å². The van der Waals surface area contributed by atoms with E-state index in [0.29, 0.717) is 28.3 Å². The Labute approximate surface area is 146 Å². The van der Waals surface area contributed by atoms with Crippen LogP contribution in [0.3, 0.4) is 0 Å². The van der Waals surface area contributed by atoms with Crippen LogP contribution in [0, 0.1) is 10.1 Å². The van der Waals surface area contributed by atoms with Crippen LogP contribution in [0.2, 0.25) is 0 Å². The third-order valence-corrected chi connectivity index (χ3v) is 3.81. The van der Waals surface area contributed by atoms with Crippen LogP contribution in [0.1, 0.15) is 11.3 Å². The molecule has 7 nitrogen and oxygen atoms in total. The molecule has 0 saturated heterocycles. The molecule has 0 aliphatic carbocycles. The second-order valence-electron chi connectivity index (χ2n) is 5.41. The molecular weight excluding hydrogens is 318 g/mol. The summed E-state index contributed by atoms with van der Waals surface area (Å²) in [6.45, 7) is 0. The van der Waals surface area contributed by atoms with Gasteiger partial charge in [-0.15, -0.1) is 0 Å². The topological polar surface area (TPSA) is 93.9 Å². The van der Waals surface area contributed by atoms with Gasteiger partial charge in [-0.1, -0.05) is 12.1 Å². The number of H-pyrrole nitrogens is 1.